The summed E-state index contributed by atoms with van der Waals surface area (Å²) in [6.07, 6.45) is 6.42. The van der Waals surface area contributed by atoms with Crippen molar-refractivity contribution in [3.05, 3.63) is 230 Å². The molecular weight excluding hydrogens is 813 g/mol. The van der Waals surface area contributed by atoms with E-state index in [1.165, 1.54) is 86.9 Å². The van der Waals surface area contributed by atoms with Crippen LogP contribution in [-0.2, 0) is 0 Å². The van der Waals surface area contributed by atoms with Gasteiger partial charge in [-0.2, -0.15) is 0 Å². The lowest BCUT2D eigenvalue weighted by Gasteiger charge is -2.29. The number of fused-ring (bicyclic) bond motifs is 7. The van der Waals surface area contributed by atoms with E-state index in [0.717, 1.165) is 61.4 Å². The number of hydrogen-bond acceptors (Lipinski definition) is 2. The number of rotatable bonds is 8. The smallest absolute Gasteiger partial charge is 0.143 e. The molecule has 1 aliphatic carbocycles. The van der Waals surface area contributed by atoms with E-state index in [9.17, 15) is 0 Å². The molecule has 0 aliphatic heterocycles. The second-order valence-electron chi connectivity index (χ2n) is 18.2. The maximum Gasteiger partial charge on any atom is 0.143 e. The van der Waals surface area contributed by atoms with Crippen LogP contribution in [0.1, 0.15) is 43.6 Å². The first kappa shape index (κ1) is 39.2. The number of furan rings is 1. The van der Waals surface area contributed by atoms with Crippen molar-refractivity contribution >= 4 is 71.6 Å². The first-order valence-electron chi connectivity index (χ1n) is 23.9. The quantitative estimate of drug-likeness (QED) is 0.152. The van der Waals surface area contributed by atoms with Gasteiger partial charge in [-0.1, -0.05) is 189 Å². The second-order valence-corrected chi connectivity index (χ2v) is 18.2. The minimum atomic E-state index is 0.566. The standard InChI is InChI=1S/C64H48N2O/c1-3-18-43(19-4-1)50-29-14-20-45-21-15-32-56(62(45)50)53-26-7-10-35-59(53)65(48-40-38-44(39-41-48)52-31-17-34-58-55-28-9-12-37-61(55)67-64(52)58)49-25-13-22-46(42-49)51-30-16-33-57-54-27-8-11-36-60(54)66(63(51)57)47-23-5-2-6-24-47/h2,5-17,20-43H,1,3-4,18-19H2. The lowest BCUT2D eigenvalue weighted by Crippen LogP contribution is -2.11. The van der Waals surface area contributed by atoms with Gasteiger partial charge in [0.25, 0.3) is 0 Å². The van der Waals surface area contributed by atoms with Crippen molar-refractivity contribution in [3.8, 4) is 39.1 Å². The van der Waals surface area contributed by atoms with E-state index in [0.29, 0.717) is 5.92 Å². The zero-order valence-electron chi connectivity index (χ0n) is 37.3. The number of nitrogens with zero attached hydrogens (tertiary/aromatic N) is 2. The highest BCUT2D eigenvalue weighted by atomic mass is 16.3. The van der Waals surface area contributed by atoms with Crippen LogP contribution < -0.4 is 4.90 Å². The molecule has 1 saturated carbocycles. The molecule has 3 nitrogen and oxygen atoms in total. The van der Waals surface area contributed by atoms with Crippen molar-refractivity contribution in [1.82, 2.24) is 4.57 Å². The summed E-state index contributed by atoms with van der Waals surface area (Å²) in [5, 5.41) is 7.44. The van der Waals surface area contributed by atoms with Crippen molar-refractivity contribution in [2.45, 2.75) is 38.0 Å². The lowest BCUT2D eigenvalue weighted by atomic mass is 9.80. The number of anilines is 3. The number of benzene rings is 10. The summed E-state index contributed by atoms with van der Waals surface area (Å²) in [6, 6.07) is 82.3. The summed E-state index contributed by atoms with van der Waals surface area (Å²) < 4.78 is 8.97. The van der Waals surface area contributed by atoms with Gasteiger partial charge in [0.1, 0.15) is 11.2 Å². The van der Waals surface area contributed by atoms with Crippen molar-refractivity contribution in [2.75, 3.05) is 4.90 Å². The van der Waals surface area contributed by atoms with Crippen molar-refractivity contribution in [2.24, 2.45) is 0 Å². The summed E-state index contributed by atoms with van der Waals surface area (Å²) >= 11 is 0. The average Bonchev–Trinajstić information content (AvgIpc) is 3.96. The van der Waals surface area contributed by atoms with Crippen molar-refractivity contribution in [3.63, 3.8) is 0 Å². The third-order valence-corrected chi connectivity index (χ3v) is 14.4. The molecule has 2 heterocycles. The molecule has 0 N–H and O–H groups in total. The number of hydrogen-bond donors (Lipinski definition) is 0. The molecule has 320 valence electrons. The summed E-state index contributed by atoms with van der Waals surface area (Å²) in [4.78, 5) is 2.47. The Morgan fingerprint density at radius 2 is 1.09 bits per heavy atom. The third-order valence-electron chi connectivity index (χ3n) is 14.4. The zero-order valence-corrected chi connectivity index (χ0v) is 37.3. The van der Waals surface area contributed by atoms with Gasteiger partial charge in [-0.25, -0.2) is 0 Å². The van der Waals surface area contributed by atoms with E-state index in [2.05, 4.69) is 228 Å². The Morgan fingerprint density at radius 3 is 1.96 bits per heavy atom. The fourth-order valence-corrected chi connectivity index (χ4v) is 11.3. The van der Waals surface area contributed by atoms with Crippen LogP contribution in [0, 0.1) is 0 Å². The highest BCUT2D eigenvalue weighted by Gasteiger charge is 2.24. The van der Waals surface area contributed by atoms with Crippen LogP contribution in [0.5, 0.6) is 0 Å². The molecule has 67 heavy (non-hydrogen) atoms. The molecular formula is C64H48N2O. The molecule has 10 aromatic carbocycles. The third kappa shape index (κ3) is 6.64. The van der Waals surface area contributed by atoms with Gasteiger partial charge in [0.2, 0.25) is 0 Å². The molecule has 13 rings (SSSR count). The zero-order chi connectivity index (χ0) is 44.3. The Kier molecular flexibility index (Phi) is 9.60. The Labute approximate surface area is 390 Å². The number of aromatic nitrogens is 1. The van der Waals surface area contributed by atoms with E-state index >= 15 is 0 Å². The molecule has 3 heteroatoms. The van der Waals surface area contributed by atoms with E-state index < -0.39 is 0 Å². The van der Waals surface area contributed by atoms with Crippen LogP contribution in [-0.4, -0.2) is 4.57 Å². The molecule has 0 atom stereocenters. The van der Waals surface area contributed by atoms with Gasteiger partial charge in [0.05, 0.1) is 16.7 Å². The average molecular weight is 861 g/mol. The van der Waals surface area contributed by atoms with E-state index in [4.69, 9.17) is 4.42 Å². The van der Waals surface area contributed by atoms with E-state index in [1.54, 1.807) is 0 Å². The molecule has 1 fully saturated rings. The van der Waals surface area contributed by atoms with Crippen molar-refractivity contribution in [1.29, 1.82) is 0 Å². The topological polar surface area (TPSA) is 21.3 Å². The monoisotopic (exact) mass is 860 g/mol. The summed E-state index contributed by atoms with van der Waals surface area (Å²) in [5.41, 5.74) is 17.2. The van der Waals surface area contributed by atoms with Crippen LogP contribution in [0.2, 0.25) is 0 Å². The van der Waals surface area contributed by atoms with Crippen LogP contribution in [0.3, 0.4) is 0 Å². The van der Waals surface area contributed by atoms with Crippen LogP contribution in [0.25, 0.3) is 93.6 Å². The predicted molar refractivity (Wildman–Crippen MR) is 282 cm³/mol. The van der Waals surface area contributed by atoms with Gasteiger partial charge >= 0.3 is 0 Å². The summed E-state index contributed by atoms with van der Waals surface area (Å²) in [7, 11) is 0. The van der Waals surface area contributed by atoms with E-state index in [1.807, 2.05) is 6.07 Å². The summed E-state index contributed by atoms with van der Waals surface area (Å²) in [6.45, 7) is 0. The van der Waals surface area contributed by atoms with Crippen LogP contribution in [0.4, 0.5) is 17.1 Å². The maximum atomic E-state index is 6.54. The molecule has 0 radical (unpaired) electrons. The highest BCUT2D eigenvalue weighted by molar-refractivity contribution is 6.14. The molecule has 12 aromatic rings. The normalized spacial score (nSPS) is 13.3. The van der Waals surface area contributed by atoms with Gasteiger partial charge in [-0.05, 0) is 106 Å². The highest BCUT2D eigenvalue weighted by Crippen LogP contribution is 2.47. The van der Waals surface area contributed by atoms with Crippen LogP contribution >= 0.6 is 0 Å². The minimum absolute atomic E-state index is 0.566. The van der Waals surface area contributed by atoms with Gasteiger partial charge in [-0.3, -0.25) is 0 Å². The van der Waals surface area contributed by atoms with Crippen molar-refractivity contribution < 1.29 is 4.42 Å². The van der Waals surface area contributed by atoms with Gasteiger partial charge < -0.3 is 13.9 Å². The largest absolute Gasteiger partial charge is 0.455 e. The first-order chi connectivity index (χ1) is 33.3. The first-order valence-corrected chi connectivity index (χ1v) is 23.9. The predicted octanol–water partition coefficient (Wildman–Crippen LogP) is 18.4. The van der Waals surface area contributed by atoms with Crippen LogP contribution in [0.15, 0.2) is 229 Å². The summed E-state index contributed by atoms with van der Waals surface area (Å²) in [5.74, 6) is 0.566. The molecule has 2 aromatic heterocycles. The number of para-hydroxylation sites is 6. The molecule has 0 spiro atoms. The fourth-order valence-electron chi connectivity index (χ4n) is 11.3. The maximum absolute atomic E-state index is 6.54. The van der Waals surface area contributed by atoms with Gasteiger partial charge in [0, 0.05) is 55.3 Å². The molecule has 0 amide bonds. The Bertz CT molecular complexity index is 3790. The lowest BCUT2D eigenvalue weighted by molar-refractivity contribution is 0.445. The molecule has 1 aliphatic rings. The Hall–Kier alpha value is -8.14. The Morgan fingerprint density at radius 1 is 0.433 bits per heavy atom. The van der Waals surface area contributed by atoms with E-state index in [-0.39, 0.29) is 0 Å². The molecule has 0 saturated heterocycles. The van der Waals surface area contributed by atoms with Gasteiger partial charge in [0.15, 0.2) is 0 Å². The second kappa shape index (κ2) is 16.4. The van der Waals surface area contributed by atoms with Gasteiger partial charge in [-0.15, -0.1) is 0 Å². The molecule has 0 bridgehead atoms. The Balaban J connectivity index is 1.02. The SMILES string of the molecule is c1ccc(-n2c3ccccc3c3cccc(-c4cccc(N(c5ccc(-c6cccc7c6oc6ccccc67)cc5)c5ccccc5-c5cccc6cccc(C7CCCCC7)c56)c4)c32)cc1. The molecule has 0 unspecified atom stereocenters. The minimum Gasteiger partial charge on any atom is -0.455 e. The fraction of sp³-hybridized carbons (Fsp3) is 0.0938.